The zero-order valence-corrected chi connectivity index (χ0v) is 14.3. The maximum absolute atomic E-state index is 13.3. The number of halogens is 1. The molecule has 1 saturated carbocycles. The molecular formula is C20H24FNO3. The molecule has 2 aromatic rings. The van der Waals surface area contributed by atoms with E-state index in [0.29, 0.717) is 12.3 Å². The van der Waals surface area contributed by atoms with Gasteiger partial charge in [0.15, 0.2) is 0 Å². The number of methoxy groups -OCH3 is 1. The molecule has 0 aromatic heterocycles. The van der Waals surface area contributed by atoms with Crippen molar-refractivity contribution in [3.63, 3.8) is 0 Å². The van der Waals surface area contributed by atoms with E-state index in [9.17, 15) is 9.50 Å². The monoisotopic (exact) mass is 345 g/mol. The molecule has 2 N–H and O–H groups in total. The van der Waals surface area contributed by atoms with Crippen LogP contribution in [0.15, 0.2) is 48.5 Å². The highest BCUT2D eigenvalue weighted by Crippen LogP contribution is 2.25. The zero-order valence-electron chi connectivity index (χ0n) is 14.3. The quantitative estimate of drug-likeness (QED) is 0.844. The zero-order chi connectivity index (χ0) is 17.6. The molecule has 5 heteroatoms. The van der Waals surface area contributed by atoms with Gasteiger partial charge in [0.2, 0.25) is 0 Å². The summed E-state index contributed by atoms with van der Waals surface area (Å²) in [5, 5.41) is 14.0. The Hall–Kier alpha value is -2.11. The van der Waals surface area contributed by atoms with Crippen molar-refractivity contribution in [1.29, 1.82) is 0 Å². The van der Waals surface area contributed by atoms with E-state index in [1.807, 2.05) is 24.3 Å². The highest BCUT2D eigenvalue weighted by atomic mass is 19.1. The number of aliphatic hydroxyl groups is 1. The van der Waals surface area contributed by atoms with Gasteiger partial charge in [-0.25, -0.2) is 4.39 Å². The summed E-state index contributed by atoms with van der Waals surface area (Å²) >= 11 is 0. The first-order valence-corrected chi connectivity index (χ1v) is 8.62. The van der Waals surface area contributed by atoms with Crippen LogP contribution in [0.2, 0.25) is 0 Å². The van der Waals surface area contributed by atoms with Gasteiger partial charge in [-0.05, 0) is 49.1 Å². The third-order valence-corrected chi connectivity index (χ3v) is 4.61. The number of hydrogen-bond acceptors (Lipinski definition) is 4. The standard InChI is InChI=1S/C20H24FNO3/c1-24-16-10-8-14(9-11-16)13-22-18-6-3-7-19(20(18)23)25-17-5-2-4-15(21)12-17/h2,4-5,8-12,18-20,22-23H,3,6-7,13H2,1H3/t18-,19+,20+/m0/s1. The van der Waals surface area contributed by atoms with E-state index in [-0.39, 0.29) is 18.0 Å². The lowest BCUT2D eigenvalue weighted by atomic mass is 9.89. The summed E-state index contributed by atoms with van der Waals surface area (Å²) in [6.07, 6.45) is 1.65. The second-order valence-corrected chi connectivity index (χ2v) is 6.37. The van der Waals surface area contributed by atoms with E-state index in [0.717, 1.165) is 30.6 Å². The van der Waals surface area contributed by atoms with Crippen molar-refractivity contribution in [2.45, 2.75) is 44.1 Å². The Morgan fingerprint density at radius 2 is 1.92 bits per heavy atom. The molecule has 0 aliphatic heterocycles. The Bertz CT molecular complexity index is 677. The smallest absolute Gasteiger partial charge is 0.126 e. The van der Waals surface area contributed by atoms with Crippen LogP contribution in [0.1, 0.15) is 24.8 Å². The number of ether oxygens (including phenoxy) is 2. The molecule has 3 rings (SSSR count). The average Bonchev–Trinajstić information content (AvgIpc) is 2.63. The van der Waals surface area contributed by atoms with E-state index in [2.05, 4.69) is 5.32 Å². The molecule has 3 atom stereocenters. The van der Waals surface area contributed by atoms with Crippen molar-refractivity contribution in [3.8, 4) is 11.5 Å². The van der Waals surface area contributed by atoms with Crippen molar-refractivity contribution >= 4 is 0 Å². The minimum Gasteiger partial charge on any atom is -0.497 e. The number of benzene rings is 2. The van der Waals surface area contributed by atoms with Gasteiger partial charge < -0.3 is 19.9 Å². The van der Waals surface area contributed by atoms with Gasteiger partial charge in [-0.3, -0.25) is 0 Å². The van der Waals surface area contributed by atoms with E-state index in [1.54, 1.807) is 19.2 Å². The predicted octanol–water partition coefficient (Wildman–Crippen LogP) is 3.28. The molecule has 1 aliphatic carbocycles. The Kier molecular flexibility index (Phi) is 5.89. The third-order valence-electron chi connectivity index (χ3n) is 4.61. The van der Waals surface area contributed by atoms with Crippen molar-refractivity contribution in [3.05, 3.63) is 59.9 Å². The Balaban J connectivity index is 1.56. The van der Waals surface area contributed by atoms with E-state index in [1.165, 1.54) is 12.1 Å². The van der Waals surface area contributed by atoms with Gasteiger partial charge in [-0.1, -0.05) is 18.2 Å². The van der Waals surface area contributed by atoms with Crippen LogP contribution in [-0.4, -0.2) is 30.5 Å². The molecule has 0 radical (unpaired) electrons. The number of nitrogens with one attached hydrogen (secondary N) is 1. The van der Waals surface area contributed by atoms with Gasteiger partial charge in [0, 0.05) is 18.7 Å². The van der Waals surface area contributed by atoms with Gasteiger partial charge in [0.1, 0.15) is 29.5 Å². The molecule has 1 fully saturated rings. The lowest BCUT2D eigenvalue weighted by Crippen LogP contribution is -2.50. The average molecular weight is 345 g/mol. The molecule has 0 bridgehead atoms. The van der Waals surface area contributed by atoms with Crippen LogP contribution < -0.4 is 14.8 Å². The SMILES string of the molecule is COc1ccc(CN[C@H]2CCC[C@@H](Oc3cccc(F)c3)[C@@H]2O)cc1. The highest BCUT2D eigenvalue weighted by molar-refractivity contribution is 5.27. The Morgan fingerprint density at radius 1 is 1.12 bits per heavy atom. The van der Waals surface area contributed by atoms with Crippen LogP contribution in [-0.2, 0) is 6.54 Å². The summed E-state index contributed by atoms with van der Waals surface area (Å²) in [5.74, 6) is 0.946. The second kappa shape index (κ2) is 8.32. The molecule has 25 heavy (non-hydrogen) atoms. The first-order chi connectivity index (χ1) is 12.2. The first-order valence-electron chi connectivity index (χ1n) is 8.62. The molecule has 134 valence electrons. The van der Waals surface area contributed by atoms with Gasteiger partial charge in [-0.2, -0.15) is 0 Å². The molecule has 0 spiro atoms. The van der Waals surface area contributed by atoms with Gasteiger partial charge in [0.05, 0.1) is 7.11 Å². The minimum atomic E-state index is -0.629. The minimum absolute atomic E-state index is 0.0468. The summed E-state index contributed by atoms with van der Waals surface area (Å²) in [4.78, 5) is 0. The highest BCUT2D eigenvalue weighted by Gasteiger charge is 2.33. The van der Waals surface area contributed by atoms with Crippen LogP contribution >= 0.6 is 0 Å². The summed E-state index contributed by atoms with van der Waals surface area (Å²) in [5.41, 5.74) is 1.13. The predicted molar refractivity (Wildman–Crippen MR) is 94.3 cm³/mol. The number of hydrogen-bond donors (Lipinski definition) is 2. The molecular weight excluding hydrogens is 321 g/mol. The summed E-state index contributed by atoms with van der Waals surface area (Å²) in [6.45, 7) is 0.665. The van der Waals surface area contributed by atoms with Crippen molar-refractivity contribution in [2.24, 2.45) is 0 Å². The van der Waals surface area contributed by atoms with Crippen molar-refractivity contribution in [2.75, 3.05) is 7.11 Å². The second-order valence-electron chi connectivity index (χ2n) is 6.37. The fourth-order valence-electron chi connectivity index (χ4n) is 3.20. The van der Waals surface area contributed by atoms with Gasteiger partial charge >= 0.3 is 0 Å². The maximum Gasteiger partial charge on any atom is 0.126 e. The summed E-state index contributed by atoms with van der Waals surface area (Å²) in [6, 6.07) is 13.8. The van der Waals surface area contributed by atoms with Gasteiger partial charge in [-0.15, -0.1) is 0 Å². The normalized spacial score (nSPS) is 23.2. The van der Waals surface area contributed by atoms with Crippen LogP contribution in [0.25, 0.3) is 0 Å². The summed E-state index contributed by atoms with van der Waals surface area (Å²) < 4.78 is 24.3. The van der Waals surface area contributed by atoms with Crippen LogP contribution in [0.4, 0.5) is 4.39 Å². The molecule has 0 unspecified atom stereocenters. The molecule has 1 aliphatic rings. The lowest BCUT2D eigenvalue weighted by Gasteiger charge is -2.35. The maximum atomic E-state index is 13.3. The molecule has 4 nitrogen and oxygen atoms in total. The van der Waals surface area contributed by atoms with E-state index < -0.39 is 6.10 Å². The fraction of sp³-hybridized carbons (Fsp3) is 0.400. The van der Waals surface area contributed by atoms with Gasteiger partial charge in [0.25, 0.3) is 0 Å². The first kappa shape index (κ1) is 17.7. The van der Waals surface area contributed by atoms with E-state index >= 15 is 0 Å². The number of aliphatic hydroxyl groups excluding tert-OH is 1. The van der Waals surface area contributed by atoms with Crippen molar-refractivity contribution < 1.29 is 19.0 Å². The van der Waals surface area contributed by atoms with Crippen LogP contribution in [0.3, 0.4) is 0 Å². The third kappa shape index (κ3) is 4.71. The molecule has 0 heterocycles. The van der Waals surface area contributed by atoms with E-state index in [4.69, 9.17) is 9.47 Å². The lowest BCUT2D eigenvalue weighted by molar-refractivity contribution is -0.0158. The topological polar surface area (TPSA) is 50.7 Å². The fourth-order valence-corrected chi connectivity index (χ4v) is 3.20. The number of rotatable bonds is 6. The Labute approximate surface area is 147 Å². The molecule has 0 amide bonds. The van der Waals surface area contributed by atoms with Crippen LogP contribution in [0, 0.1) is 5.82 Å². The summed E-state index contributed by atoms with van der Waals surface area (Å²) in [7, 11) is 1.64. The molecule has 2 aromatic carbocycles. The largest absolute Gasteiger partial charge is 0.497 e. The van der Waals surface area contributed by atoms with Crippen molar-refractivity contribution in [1.82, 2.24) is 5.32 Å². The Morgan fingerprint density at radius 3 is 2.64 bits per heavy atom. The molecule has 0 saturated heterocycles. The van der Waals surface area contributed by atoms with Crippen LogP contribution in [0.5, 0.6) is 11.5 Å².